The summed E-state index contributed by atoms with van der Waals surface area (Å²) in [6, 6.07) is 0.320. The first-order valence-electron chi connectivity index (χ1n) is 7.11. The van der Waals surface area contributed by atoms with Gasteiger partial charge in [0.15, 0.2) is 0 Å². The molecule has 0 aliphatic heterocycles. The van der Waals surface area contributed by atoms with Crippen molar-refractivity contribution in [3.8, 4) is 0 Å². The summed E-state index contributed by atoms with van der Waals surface area (Å²) >= 11 is 1.16. The van der Waals surface area contributed by atoms with E-state index in [0.29, 0.717) is 24.9 Å². The van der Waals surface area contributed by atoms with Crippen LogP contribution in [0, 0.1) is 0 Å². The molecule has 0 N–H and O–H groups in total. The first-order valence-corrected chi connectivity index (χ1v) is 7.99. The van der Waals surface area contributed by atoms with E-state index in [9.17, 15) is 9.59 Å². The lowest BCUT2D eigenvalue weighted by molar-refractivity contribution is 0.0526. The van der Waals surface area contributed by atoms with Crippen molar-refractivity contribution < 1.29 is 14.3 Å². The topological polar surface area (TPSA) is 59.5 Å². The summed E-state index contributed by atoms with van der Waals surface area (Å²) < 4.78 is 4.89. The Balaban J connectivity index is 2.09. The second-order valence-corrected chi connectivity index (χ2v) is 5.65. The lowest BCUT2D eigenvalue weighted by Gasteiger charge is -2.26. The van der Waals surface area contributed by atoms with Crippen molar-refractivity contribution in [3.05, 3.63) is 16.1 Å². The molecular weight excluding hydrogens is 276 g/mol. The predicted octanol–water partition coefficient (Wildman–Crippen LogP) is 2.72. The van der Waals surface area contributed by atoms with Crippen molar-refractivity contribution in [1.82, 2.24) is 9.88 Å². The molecule has 1 aromatic rings. The Bertz CT molecular complexity index is 481. The molecule has 1 aliphatic rings. The highest BCUT2D eigenvalue weighted by Crippen LogP contribution is 2.25. The van der Waals surface area contributed by atoms with Gasteiger partial charge in [-0.1, -0.05) is 12.8 Å². The molecule has 1 saturated carbocycles. The summed E-state index contributed by atoms with van der Waals surface area (Å²) in [4.78, 5) is 30.0. The van der Waals surface area contributed by atoms with Crippen molar-refractivity contribution in [2.45, 2.75) is 45.6 Å². The van der Waals surface area contributed by atoms with Crippen LogP contribution < -0.4 is 0 Å². The van der Waals surface area contributed by atoms with Crippen LogP contribution in [0.15, 0.2) is 5.38 Å². The zero-order chi connectivity index (χ0) is 14.5. The van der Waals surface area contributed by atoms with E-state index in [1.54, 1.807) is 12.3 Å². The molecule has 1 aliphatic carbocycles. The number of hydrogen-bond acceptors (Lipinski definition) is 5. The summed E-state index contributed by atoms with van der Waals surface area (Å²) in [5, 5.41) is 1.89. The second kappa shape index (κ2) is 6.83. The molecule has 0 atom stereocenters. The molecule has 0 bridgehead atoms. The van der Waals surface area contributed by atoms with Crippen molar-refractivity contribution in [2.24, 2.45) is 0 Å². The third-order valence-corrected chi connectivity index (χ3v) is 4.36. The van der Waals surface area contributed by atoms with Gasteiger partial charge in [-0.25, -0.2) is 9.78 Å². The third kappa shape index (κ3) is 3.17. The highest BCUT2D eigenvalue weighted by atomic mass is 32.1. The molecule has 1 heterocycles. The van der Waals surface area contributed by atoms with Crippen molar-refractivity contribution in [1.29, 1.82) is 0 Å². The standard InChI is InChI=1S/C14H20N2O3S/c1-3-16(10-7-5-6-8-10)13(17)11-9-20-12(15-11)14(18)19-4-2/h9-10H,3-8H2,1-2H3. The van der Waals surface area contributed by atoms with Gasteiger partial charge >= 0.3 is 5.97 Å². The summed E-state index contributed by atoms with van der Waals surface area (Å²) in [5.74, 6) is -0.535. The van der Waals surface area contributed by atoms with E-state index in [0.717, 1.165) is 24.2 Å². The minimum absolute atomic E-state index is 0.0776. The first kappa shape index (κ1) is 15.0. The Morgan fingerprint density at radius 2 is 2.10 bits per heavy atom. The largest absolute Gasteiger partial charge is 0.461 e. The molecule has 1 aromatic heterocycles. The Hall–Kier alpha value is -1.43. The number of rotatable bonds is 5. The maximum atomic E-state index is 12.5. The lowest BCUT2D eigenvalue weighted by Crippen LogP contribution is -2.38. The number of amides is 1. The number of carbonyl (C=O) groups excluding carboxylic acids is 2. The Labute approximate surface area is 122 Å². The smallest absolute Gasteiger partial charge is 0.367 e. The highest BCUT2D eigenvalue weighted by Gasteiger charge is 2.28. The number of thiazole rings is 1. The zero-order valence-corrected chi connectivity index (χ0v) is 12.7. The van der Waals surface area contributed by atoms with Crippen LogP contribution in [-0.4, -0.2) is 41.0 Å². The van der Waals surface area contributed by atoms with Gasteiger partial charge in [0.25, 0.3) is 5.91 Å². The molecule has 2 rings (SSSR count). The van der Waals surface area contributed by atoms with Gasteiger partial charge in [-0.3, -0.25) is 4.79 Å². The van der Waals surface area contributed by atoms with Crippen LogP contribution in [0.4, 0.5) is 0 Å². The Morgan fingerprint density at radius 3 is 2.70 bits per heavy atom. The lowest BCUT2D eigenvalue weighted by atomic mass is 10.2. The summed E-state index contributed by atoms with van der Waals surface area (Å²) in [5.41, 5.74) is 0.354. The van der Waals surface area contributed by atoms with Crippen LogP contribution >= 0.6 is 11.3 Å². The van der Waals surface area contributed by atoms with Gasteiger partial charge in [-0.2, -0.15) is 0 Å². The number of carbonyl (C=O) groups is 2. The molecule has 0 unspecified atom stereocenters. The molecule has 20 heavy (non-hydrogen) atoms. The van der Waals surface area contributed by atoms with Gasteiger partial charge in [0, 0.05) is 18.0 Å². The number of nitrogens with zero attached hydrogens (tertiary/aromatic N) is 2. The molecule has 0 spiro atoms. The summed E-state index contributed by atoms with van der Waals surface area (Å²) in [6.45, 7) is 4.71. The van der Waals surface area contributed by atoms with Crippen LogP contribution in [-0.2, 0) is 4.74 Å². The van der Waals surface area contributed by atoms with Gasteiger partial charge in [-0.15, -0.1) is 11.3 Å². The van der Waals surface area contributed by atoms with Gasteiger partial charge in [0.05, 0.1) is 6.61 Å². The molecule has 1 fully saturated rings. The number of esters is 1. The fourth-order valence-corrected chi connectivity index (χ4v) is 3.27. The van der Waals surface area contributed by atoms with Crippen LogP contribution in [0.2, 0.25) is 0 Å². The van der Waals surface area contributed by atoms with Crippen molar-refractivity contribution >= 4 is 23.2 Å². The van der Waals surface area contributed by atoms with Crippen molar-refractivity contribution in [3.63, 3.8) is 0 Å². The maximum absolute atomic E-state index is 12.5. The summed E-state index contributed by atoms with van der Waals surface area (Å²) in [7, 11) is 0. The third-order valence-electron chi connectivity index (χ3n) is 3.54. The molecular formula is C14H20N2O3S. The van der Waals surface area contributed by atoms with Gasteiger partial charge < -0.3 is 9.64 Å². The molecule has 0 aromatic carbocycles. The van der Waals surface area contributed by atoms with Crippen molar-refractivity contribution in [2.75, 3.05) is 13.2 Å². The predicted molar refractivity (Wildman–Crippen MR) is 77.0 cm³/mol. The van der Waals surface area contributed by atoms with Gasteiger partial charge in [-0.05, 0) is 26.7 Å². The Kier molecular flexibility index (Phi) is 5.11. The van der Waals surface area contributed by atoms with Gasteiger partial charge in [0.2, 0.25) is 5.01 Å². The van der Waals surface area contributed by atoms with E-state index in [2.05, 4.69) is 4.98 Å². The molecule has 5 nitrogen and oxygen atoms in total. The molecule has 0 radical (unpaired) electrons. The Morgan fingerprint density at radius 1 is 1.40 bits per heavy atom. The fourth-order valence-electron chi connectivity index (χ4n) is 2.59. The van der Waals surface area contributed by atoms with Gasteiger partial charge in [0.1, 0.15) is 5.69 Å². The maximum Gasteiger partial charge on any atom is 0.367 e. The van der Waals surface area contributed by atoms with E-state index < -0.39 is 5.97 Å². The van der Waals surface area contributed by atoms with E-state index in [4.69, 9.17) is 4.74 Å². The highest BCUT2D eigenvalue weighted by molar-refractivity contribution is 7.11. The normalized spacial score (nSPS) is 15.3. The monoisotopic (exact) mass is 296 g/mol. The molecule has 0 saturated heterocycles. The van der Waals surface area contributed by atoms with E-state index in [-0.39, 0.29) is 10.9 Å². The van der Waals surface area contributed by atoms with E-state index >= 15 is 0 Å². The number of ether oxygens (including phenoxy) is 1. The van der Waals surface area contributed by atoms with Crippen LogP contribution in [0.1, 0.15) is 59.8 Å². The van der Waals surface area contributed by atoms with Crippen LogP contribution in [0.3, 0.4) is 0 Å². The first-order chi connectivity index (χ1) is 9.67. The van der Waals surface area contributed by atoms with E-state index in [1.807, 2.05) is 11.8 Å². The minimum Gasteiger partial charge on any atom is -0.461 e. The second-order valence-electron chi connectivity index (χ2n) is 4.79. The number of aromatic nitrogens is 1. The minimum atomic E-state index is -0.458. The van der Waals surface area contributed by atoms with E-state index in [1.165, 1.54) is 12.8 Å². The quantitative estimate of drug-likeness (QED) is 0.784. The average Bonchev–Trinajstić information content (AvgIpc) is 3.11. The summed E-state index contributed by atoms with van der Waals surface area (Å²) in [6.07, 6.45) is 4.49. The van der Waals surface area contributed by atoms with Crippen LogP contribution in [0.5, 0.6) is 0 Å². The average molecular weight is 296 g/mol. The SMILES string of the molecule is CCOC(=O)c1nc(C(=O)N(CC)C2CCCC2)cs1. The molecule has 1 amide bonds. The molecule has 6 heteroatoms. The fraction of sp³-hybridized carbons (Fsp3) is 0.643. The van der Waals surface area contributed by atoms with Crippen LogP contribution in [0.25, 0.3) is 0 Å². The number of hydrogen-bond donors (Lipinski definition) is 0. The zero-order valence-electron chi connectivity index (χ0n) is 11.9. The molecule has 110 valence electrons.